The van der Waals surface area contributed by atoms with Crippen molar-refractivity contribution in [2.45, 2.75) is 18.7 Å². The highest BCUT2D eigenvalue weighted by molar-refractivity contribution is 7.88. The second-order valence-corrected chi connectivity index (χ2v) is 8.83. The van der Waals surface area contributed by atoms with Gasteiger partial charge in [0.25, 0.3) is 0 Å². The summed E-state index contributed by atoms with van der Waals surface area (Å²) in [4.78, 5) is 21.0. The molecule has 0 saturated heterocycles. The van der Waals surface area contributed by atoms with Crippen LogP contribution in [0.2, 0.25) is 0 Å². The maximum Gasteiger partial charge on any atom is 0.226 e. The lowest BCUT2D eigenvalue weighted by molar-refractivity contribution is -0.120. The van der Waals surface area contributed by atoms with Gasteiger partial charge in [-0.25, -0.2) is 18.1 Å². The molecule has 9 heteroatoms. The second kappa shape index (κ2) is 9.05. The molecule has 1 aromatic carbocycles. The van der Waals surface area contributed by atoms with E-state index in [1.807, 2.05) is 35.7 Å². The molecule has 0 atom stereocenters. The van der Waals surface area contributed by atoms with Crippen molar-refractivity contribution in [3.8, 4) is 10.7 Å². The minimum Gasteiger partial charge on any atom is -0.352 e. The largest absolute Gasteiger partial charge is 0.352 e. The average molecular weight is 417 g/mol. The van der Waals surface area contributed by atoms with Crippen LogP contribution in [0.1, 0.15) is 16.8 Å². The van der Waals surface area contributed by atoms with E-state index in [4.69, 9.17) is 0 Å². The zero-order valence-electron chi connectivity index (χ0n) is 15.3. The molecule has 0 saturated carbocycles. The fraction of sp³-hybridized carbons (Fsp3) is 0.211. The zero-order chi connectivity index (χ0) is 20.0. The van der Waals surface area contributed by atoms with E-state index in [9.17, 15) is 13.2 Å². The van der Waals surface area contributed by atoms with E-state index in [0.717, 1.165) is 16.3 Å². The van der Waals surface area contributed by atoms with Gasteiger partial charge in [0.15, 0.2) is 0 Å². The summed E-state index contributed by atoms with van der Waals surface area (Å²) in [6.45, 7) is 0.255. The van der Waals surface area contributed by atoms with E-state index in [0.29, 0.717) is 11.3 Å². The summed E-state index contributed by atoms with van der Waals surface area (Å²) in [6, 6.07) is 12.8. The number of benzene rings is 1. The molecule has 1 amide bonds. The van der Waals surface area contributed by atoms with Gasteiger partial charge < -0.3 is 5.32 Å². The van der Waals surface area contributed by atoms with Gasteiger partial charge in [-0.05, 0) is 30.3 Å². The smallest absolute Gasteiger partial charge is 0.226 e. The van der Waals surface area contributed by atoms with Crippen LogP contribution in [0.15, 0.2) is 54.0 Å². The summed E-state index contributed by atoms with van der Waals surface area (Å²) in [5.41, 5.74) is 2.87. The number of thiazole rings is 1. The Kier molecular flexibility index (Phi) is 6.50. The Balaban J connectivity index is 1.60. The lowest BCUT2D eigenvalue weighted by atomic mass is 10.1. The van der Waals surface area contributed by atoms with Crippen LogP contribution >= 0.6 is 11.3 Å². The lowest BCUT2D eigenvalue weighted by Crippen LogP contribution is -2.26. The molecule has 0 fully saturated rings. The molecule has 28 heavy (non-hydrogen) atoms. The molecule has 0 aliphatic rings. The van der Waals surface area contributed by atoms with E-state index < -0.39 is 10.0 Å². The third kappa shape index (κ3) is 5.44. The minimum absolute atomic E-state index is 0.130. The van der Waals surface area contributed by atoms with Gasteiger partial charge >= 0.3 is 0 Å². The Hall–Kier alpha value is -2.62. The fourth-order valence-electron chi connectivity index (χ4n) is 2.56. The highest BCUT2D eigenvalue weighted by atomic mass is 32.2. The minimum atomic E-state index is -3.38. The maximum absolute atomic E-state index is 12.3. The van der Waals surface area contributed by atoms with Crippen molar-refractivity contribution < 1.29 is 13.2 Å². The van der Waals surface area contributed by atoms with Crippen LogP contribution in [0.5, 0.6) is 0 Å². The number of rotatable bonds is 8. The van der Waals surface area contributed by atoms with Crippen molar-refractivity contribution in [1.82, 2.24) is 20.0 Å². The molecule has 146 valence electrons. The number of hydrogen-bond donors (Lipinski definition) is 2. The molecule has 0 spiro atoms. The molecular formula is C19H20N4O3S2. The molecule has 0 unspecified atom stereocenters. The van der Waals surface area contributed by atoms with E-state index in [2.05, 4.69) is 20.0 Å². The van der Waals surface area contributed by atoms with Crippen molar-refractivity contribution in [2.24, 2.45) is 0 Å². The molecule has 3 aromatic rings. The number of amides is 1. The summed E-state index contributed by atoms with van der Waals surface area (Å²) in [5.74, 6) is -0.307. The average Bonchev–Trinajstić information content (AvgIpc) is 3.16. The molecule has 0 aliphatic heterocycles. The predicted octanol–water partition coefficient (Wildman–Crippen LogP) is 2.11. The first-order valence-corrected chi connectivity index (χ1v) is 11.1. The highest BCUT2D eigenvalue weighted by Crippen LogP contribution is 2.21. The van der Waals surface area contributed by atoms with Crippen molar-refractivity contribution in [3.63, 3.8) is 0 Å². The normalized spacial score (nSPS) is 11.3. The number of pyridine rings is 1. The SMILES string of the molecule is CNS(=O)(=O)Cc1ccccc1CNC(=O)Cc1csc(-c2ccccn2)n1. The van der Waals surface area contributed by atoms with E-state index in [-0.39, 0.29) is 24.6 Å². The molecule has 0 bridgehead atoms. The molecular weight excluding hydrogens is 396 g/mol. The van der Waals surface area contributed by atoms with Crippen molar-refractivity contribution in [2.75, 3.05) is 7.05 Å². The number of sulfonamides is 1. The molecule has 2 N–H and O–H groups in total. The van der Waals surface area contributed by atoms with Crippen LogP contribution in [-0.4, -0.2) is 31.3 Å². The molecule has 0 aliphatic carbocycles. The quantitative estimate of drug-likeness (QED) is 0.586. The van der Waals surface area contributed by atoms with E-state index >= 15 is 0 Å². The first-order valence-electron chi connectivity index (χ1n) is 8.57. The molecule has 0 radical (unpaired) electrons. The third-order valence-corrected chi connectivity index (χ3v) is 6.26. The number of carbonyl (C=O) groups is 1. The molecule has 2 aromatic heterocycles. The number of aromatic nitrogens is 2. The van der Waals surface area contributed by atoms with Crippen LogP contribution in [0.4, 0.5) is 0 Å². The summed E-state index contributed by atoms with van der Waals surface area (Å²) >= 11 is 1.44. The Morgan fingerprint density at radius 2 is 1.86 bits per heavy atom. The first kappa shape index (κ1) is 20.1. The van der Waals surface area contributed by atoms with E-state index in [1.54, 1.807) is 18.3 Å². The van der Waals surface area contributed by atoms with Gasteiger partial charge in [-0.15, -0.1) is 11.3 Å². The zero-order valence-corrected chi connectivity index (χ0v) is 16.9. The van der Waals surface area contributed by atoms with Gasteiger partial charge in [-0.3, -0.25) is 9.78 Å². The van der Waals surface area contributed by atoms with Gasteiger partial charge in [-0.1, -0.05) is 30.3 Å². The monoisotopic (exact) mass is 416 g/mol. The van der Waals surface area contributed by atoms with Crippen molar-refractivity contribution >= 4 is 27.3 Å². The molecule has 7 nitrogen and oxygen atoms in total. The van der Waals surface area contributed by atoms with Gasteiger partial charge in [0.05, 0.1) is 23.6 Å². The van der Waals surface area contributed by atoms with Crippen molar-refractivity contribution in [3.05, 3.63) is 70.9 Å². The summed E-state index contributed by atoms with van der Waals surface area (Å²) in [6.07, 6.45) is 1.86. The topological polar surface area (TPSA) is 101 Å². The lowest BCUT2D eigenvalue weighted by Gasteiger charge is -2.10. The molecule has 3 rings (SSSR count). The Morgan fingerprint density at radius 3 is 2.57 bits per heavy atom. The highest BCUT2D eigenvalue weighted by Gasteiger charge is 2.13. The van der Waals surface area contributed by atoms with Crippen LogP contribution in [-0.2, 0) is 33.5 Å². The van der Waals surface area contributed by atoms with Crippen LogP contribution in [0.25, 0.3) is 10.7 Å². The van der Waals surface area contributed by atoms with Gasteiger partial charge in [0.2, 0.25) is 15.9 Å². The Labute approximate surface area is 167 Å². The maximum atomic E-state index is 12.3. The first-order chi connectivity index (χ1) is 13.5. The molecule has 2 heterocycles. The Bertz CT molecular complexity index is 1050. The number of nitrogens with zero attached hydrogens (tertiary/aromatic N) is 2. The van der Waals surface area contributed by atoms with Crippen LogP contribution < -0.4 is 10.0 Å². The number of nitrogens with one attached hydrogen (secondary N) is 2. The fourth-order valence-corrected chi connectivity index (χ4v) is 4.19. The van der Waals surface area contributed by atoms with Crippen LogP contribution in [0, 0.1) is 0 Å². The summed E-state index contributed by atoms with van der Waals surface area (Å²) < 4.78 is 25.9. The van der Waals surface area contributed by atoms with Gasteiger partial charge in [0, 0.05) is 18.1 Å². The van der Waals surface area contributed by atoms with Crippen LogP contribution in [0.3, 0.4) is 0 Å². The Morgan fingerprint density at radius 1 is 1.11 bits per heavy atom. The van der Waals surface area contributed by atoms with Crippen molar-refractivity contribution in [1.29, 1.82) is 0 Å². The number of hydrogen-bond acceptors (Lipinski definition) is 6. The van der Waals surface area contributed by atoms with Gasteiger partial charge in [-0.2, -0.15) is 0 Å². The van der Waals surface area contributed by atoms with E-state index in [1.165, 1.54) is 18.4 Å². The number of carbonyl (C=O) groups excluding carboxylic acids is 1. The predicted molar refractivity (Wildman–Crippen MR) is 109 cm³/mol. The standard InChI is InChI=1S/C19H20N4O3S2/c1-20-28(25,26)13-15-7-3-2-6-14(15)11-22-18(24)10-16-12-27-19(23-16)17-8-4-5-9-21-17/h2-9,12,20H,10-11,13H2,1H3,(H,22,24). The second-order valence-electron chi connectivity index (χ2n) is 6.04. The van der Waals surface area contributed by atoms with Gasteiger partial charge in [0.1, 0.15) is 5.01 Å². The third-order valence-electron chi connectivity index (χ3n) is 4.03. The summed E-state index contributed by atoms with van der Waals surface area (Å²) in [7, 11) is -2.00. The summed E-state index contributed by atoms with van der Waals surface area (Å²) in [5, 5.41) is 5.45.